The fourth-order valence-corrected chi connectivity index (χ4v) is 2.73. The Morgan fingerprint density at radius 3 is 2.58 bits per heavy atom. The number of pyridine rings is 1. The summed E-state index contributed by atoms with van der Waals surface area (Å²) in [7, 11) is 0. The van der Waals surface area contributed by atoms with Gasteiger partial charge in [-0.3, -0.25) is 14.9 Å². The second-order valence-corrected chi connectivity index (χ2v) is 6.47. The quantitative estimate of drug-likeness (QED) is 0.416. The van der Waals surface area contributed by atoms with E-state index < -0.39 is 11.9 Å². The maximum absolute atomic E-state index is 12.6. The predicted molar refractivity (Wildman–Crippen MR) is 115 cm³/mol. The largest absolute Gasteiger partial charge is 0.380 e. The number of urea groups is 1. The number of carbonyl (C=O) groups excluding carboxylic acids is 2. The van der Waals surface area contributed by atoms with Gasteiger partial charge < -0.3 is 11.1 Å². The van der Waals surface area contributed by atoms with Gasteiger partial charge in [-0.15, -0.1) is 0 Å². The lowest BCUT2D eigenvalue weighted by molar-refractivity contribution is 0.0234. The minimum Gasteiger partial charge on any atom is -0.380 e. The third kappa shape index (κ3) is 6.28. The SMILES string of the molecule is N#Cc1ccc(CONC(=O)c2ccccc2NCc2ccnc(NC(N)=O)c2)cc1. The van der Waals surface area contributed by atoms with Gasteiger partial charge in [-0.1, -0.05) is 24.3 Å². The molecular formula is C22H20N6O3. The molecule has 0 unspecified atom stereocenters. The summed E-state index contributed by atoms with van der Waals surface area (Å²) in [6.45, 7) is 0.562. The van der Waals surface area contributed by atoms with E-state index in [1.807, 2.05) is 12.1 Å². The zero-order valence-corrected chi connectivity index (χ0v) is 16.5. The maximum atomic E-state index is 12.6. The molecule has 0 bridgehead atoms. The van der Waals surface area contributed by atoms with Crippen LogP contribution in [0, 0.1) is 11.3 Å². The van der Waals surface area contributed by atoms with Crippen molar-refractivity contribution in [2.45, 2.75) is 13.2 Å². The van der Waals surface area contributed by atoms with Gasteiger partial charge in [0.1, 0.15) is 5.82 Å². The van der Waals surface area contributed by atoms with Crippen molar-refractivity contribution in [2.24, 2.45) is 5.73 Å². The number of rotatable bonds is 8. The fourth-order valence-electron chi connectivity index (χ4n) is 2.73. The van der Waals surface area contributed by atoms with E-state index in [9.17, 15) is 9.59 Å². The molecule has 3 amide bonds. The van der Waals surface area contributed by atoms with Gasteiger partial charge in [-0.05, 0) is 47.5 Å². The number of nitrogens with two attached hydrogens (primary N) is 1. The Morgan fingerprint density at radius 1 is 1.06 bits per heavy atom. The minimum absolute atomic E-state index is 0.166. The summed E-state index contributed by atoms with van der Waals surface area (Å²) in [6, 6.07) is 18.7. The topological polar surface area (TPSA) is 142 Å². The summed E-state index contributed by atoms with van der Waals surface area (Å²) in [5.41, 5.74) is 10.8. The van der Waals surface area contributed by atoms with Gasteiger partial charge in [0.05, 0.1) is 23.8 Å². The monoisotopic (exact) mass is 416 g/mol. The Bertz CT molecular complexity index is 1110. The van der Waals surface area contributed by atoms with Crippen molar-refractivity contribution in [3.63, 3.8) is 0 Å². The van der Waals surface area contributed by atoms with Crippen molar-refractivity contribution in [3.05, 3.63) is 89.1 Å². The number of hydrogen-bond acceptors (Lipinski definition) is 6. The maximum Gasteiger partial charge on any atom is 0.317 e. The molecule has 0 saturated carbocycles. The number of aromatic nitrogens is 1. The number of hydrogen-bond donors (Lipinski definition) is 4. The van der Waals surface area contributed by atoms with Crippen LogP contribution in [0.4, 0.5) is 16.3 Å². The number of para-hydroxylation sites is 1. The van der Waals surface area contributed by atoms with Crippen LogP contribution in [0.1, 0.15) is 27.0 Å². The number of benzene rings is 2. The standard InChI is InChI=1S/C22H20N6O3/c23-12-15-5-7-16(8-6-15)14-31-28-21(29)18-3-1-2-4-19(18)26-13-17-9-10-25-20(11-17)27-22(24)30/h1-11,26H,13-14H2,(H,28,29)(H3,24,25,27,30). The molecule has 156 valence electrons. The number of hydroxylamine groups is 1. The Labute approximate surface area is 178 Å². The molecule has 9 nitrogen and oxygen atoms in total. The summed E-state index contributed by atoms with van der Waals surface area (Å²) >= 11 is 0. The van der Waals surface area contributed by atoms with E-state index in [0.717, 1.165) is 11.1 Å². The lowest BCUT2D eigenvalue weighted by Gasteiger charge is -2.13. The normalized spacial score (nSPS) is 10.0. The van der Waals surface area contributed by atoms with E-state index in [-0.39, 0.29) is 6.61 Å². The number of anilines is 2. The highest BCUT2D eigenvalue weighted by Gasteiger charge is 2.11. The van der Waals surface area contributed by atoms with Gasteiger partial charge in [0.15, 0.2) is 0 Å². The molecule has 1 aromatic heterocycles. The Kier molecular flexibility index (Phi) is 7.13. The third-order valence-electron chi connectivity index (χ3n) is 4.22. The van der Waals surface area contributed by atoms with E-state index in [4.69, 9.17) is 15.8 Å². The molecule has 0 aliphatic heterocycles. The molecule has 1 heterocycles. The predicted octanol–water partition coefficient (Wildman–Crippen LogP) is 2.92. The number of carbonyl (C=O) groups is 2. The van der Waals surface area contributed by atoms with Crippen LogP contribution in [0.5, 0.6) is 0 Å². The molecule has 2 aromatic carbocycles. The Hall–Kier alpha value is -4.42. The van der Waals surface area contributed by atoms with Crippen LogP contribution in [-0.2, 0) is 18.0 Å². The molecule has 0 fully saturated rings. The van der Waals surface area contributed by atoms with Gasteiger partial charge in [0.2, 0.25) is 0 Å². The molecule has 0 atom stereocenters. The summed E-state index contributed by atoms with van der Waals surface area (Å²) < 4.78 is 0. The first-order chi connectivity index (χ1) is 15.0. The average Bonchev–Trinajstić information content (AvgIpc) is 2.78. The minimum atomic E-state index is -0.694. The van der Waals surface area contributed by atoms with Crippen LogP contribution >= 0.6 is 0 Å². The number of nitrogens with zero attached hydrogens (tertiary/aromatic N) is 2. The van der Waals surface area contributed by atoms with Crippen LogP contribution in [0.25, 0.3) is 0 Å². The van der Waals surface area contributed by atoms with Crippen LogP contribution in [0.15, 0.2) is 66.9 Å². The van der Waals surface area contributed by atoms with Crippen molar-refractivity contribution in [3.8, 4) is 6.07 Å². The van der Waals surface area contributed by atoms with Gasteiger partial charge in [-0.2, -0.15) is 5.26 Å². The van der Waals surface area contributed by atoms with Crippen LogP contribution in [0.2, 0.25) is 0 Å². The zero-order chi connectivity index (χ0) is 22.1. The van der Waals surface area contributed by atoms with Crippen LogP contribution in [0.3, 0.4) is 0 Å². The first kappa shape index (κ1) is 21.3. The second kappa shape index (κ2) is 10.4. The van der Waals surface area contributed by atoms with E-state index in [1.54, 1.807) is 60.8 Å². The molecule has 0 aliphatic carbocycles. The van der Waals surface area contributed by atoms with E-state index in [1.165, 1.54) is 0 Å². The van der Waals surface area contributed by atoms with Crippen molar-refractivity contribution in [2.75, 3.05) is 10.6 Å². The molecule has 3 rings (SSSR count). The highest BCUT2D eigenvalue weighted by Crippen LogP contribution is 2.17. The lowest BCUT2D eigenvalue weighted by Crippen LogP contribution is -2.24. The third-order valence-corrected chi connectivity index (χ3v) is 4.22. The summed E-state index contributed by atoms with van der Waals surface area (Å²) in [4.78, 5) is 32.8. The molecule has 0 aliphatic rings. The number of nitrogens with one attached hydrogen (secondary N) is 3. The van der Waals surface area contributed by atoms with Crippen molar-refractivity contribution in [1.29, 1.82) is 5.26 Å². The number of primary amides is 1. The molecule has 0 saturated heterocycles. The summed E-state index contributed by atoms with van der Waals surface area (Å²) in [5, 5.41) is 14.4. The van der Waals surface area contributed by atoms with Crippen molar-refractivity contribution < 1.29 is 14.4 Å². The number of nitriles is 1. The number of amides is 3. The van der Waals surface area contributed by atoms with E-state index >= 15 is 0 Å². The van der Waals surface area contributed by atoms with Crippen molar-refractivity contribution >= 4 is 23.4 Å². The second-order valence-electron chi connectivity index (χ2n) is 6.47. The fraction of sp³-hybridized carbons (Fsp3) is 0.0909. The molecule has 0 radical (unpaired) electrons. The van der Waals surface area contributed by atoms with E-state index in [2.05, 4.69) is 21.1 Å². The molecule has 3 aromatic rings. The lowest BCUT2D eigenvalue weighted by atomic mass is 10.1. The van der Waals surface area contributed by atoms with Crippen LogP contribution in [-0.4, -0.2) is 16.9 Å². The highest BCUT2D eigenvalue weighted by atomic mass is 16.6. The molecule has 31 heavy (non-hydrogen) atoms. The van der Waals surface area contributed by atoms with Crippen molar-refractivity contribution in [1.82, 2.24) is 10.5 Å². The van der Waals surface area contributed by atoms with Crippen LogP contribution < -0.4 is 21.8 Å². The molecule has 5 N–H and O–H groups in total. The first-order valence-corrected chi connectivity index (χ1v) is 9.30. The molecular weight excluding hydrogens is 396 g/mol. The Morgan fingerprint density at radius 2 is 1.84 bits per heavy atom. The molecule has 0 spiro atoms. The summed E-state index contributed by atoms with van der Waals surface area (Å²) in [6.07, 6.45) is 1.55. The molecule has 9 heteroatoms. The van der Waals surface area contributed by atoms with Gasteiger partial charge in [0, 0.05) is 18.4 Å². The van der Waals surface area contributed by atoms with Gasteiger partial charge in [0.25, 0.3) is 5.91 Å². The first-order valence-electron chi connectivity index (χ1n) is 9.30. The van der Waals surface area contributed by atoms with E-state index in [0.29, 0.717) is 29.2 Å². The zero-order valence-electron chi connectivity index (χ0n) is 16.5. The Balaban J connectivity index is 1.58. The summed E-state index contributed by atoms with van der Waals surface area (Å²) in [5.74, 6) is -0.0587. The highest BCUT2D eigenvalue weighted by molar-refractivity contribution is 5.99. The smallest absolute Gasteiger partial charge is 0.317 e. The van der Waals surface area contributed by atoms with Gasteiger partial charge in [-0.25, -0.2) is 15.3 Å². The van der Waals surface area contributed by atoms with Gasteiger partial charge >= 0.3 is 6.03 Å². The average molecular weight is 416 g/mol.